The first kappa shape index (κ1) is 81.5. The van der Waals surface area contributed by atoms with Crippen molar-refractivity contribution in [2.75, 3.05) is 26.2 Å². The third-order valence-electron chi connectivity index (χ3n) is 16.7. The van der Waals surface area contributed by atoms with Gasteiger partial charge in [-0.25, -0.2) is 16.8 Å². The number of quaternary nitrogens is 1. The molecule has 0 amide bonds. The molecule has 0 saturated heterocycles. The minimum Gasteiger partial charge on any atom is -0.421 e. The second kappa shape index (κ2) is 57.5. The van der Waals surface area contributed by atoms with Gasteiger partial charge in [-0.15, -0.1) is 0 Å². The lowest BCUT2D eigenvalue weighted by Gasteiger charge is -2.40. The monoisotopic (exact) mass is 1190 g/mol. The second-order valence-electron chi connectivity index (χ2n) is 24.5. The fourth-order valence-electron chi connectivity index (χ4n) is 11.5. The number of sulfonamides is 2. The minimum absolute atomic E-state index is 0.778. The number of rotatable bonds is 62. The van der Waals surface area contributed by atoms with Gasteiger partial charge in [0.25, 0.3) is 0 Å². The van der Waals surface area contributed by atoms with E-state index >= 15 is 0 Å². The molecule has 0 heterocycles. The first-order chi connectivity index (χ1) is 38.4. The molecule has 80 heavy (non-hydrogen) atoms. The lowest BCUT2D eigenvalue weighted by molar-refractivity contribution is -0.929. The average Bonchev–Trinajstić information content (AvgIpc) is 3.40. The van der Waals surface area contributed by atoms with Gasteiger partial charge in [-0.05, 0) is 51.4 Å². The summed E-state index contributed by atoms with van der Waals surface area (Å²) in [6.07, 6.45) is 82.7. The van der Waals surface area contributed by atoms with Crippen molar-refractivity contribution in [1.82, 2.24) is 0 Å². The molecule has 0 bridgehead atoms. The molecular formula is C66H132F6N2O4S2. The molecule has 484 valence electrons. The number of alkyl halides is 6. The highest BCUT2D eigenvalue weighted by Crippen LogP contribution is 2.36. The quantitative estimate of drug-likeness (QED) is 0.0345. The van der Waals surface area contributed by atoms with Gasteiger partial charge in [-0.3, -0.25) is 0 Å². The van der Waals surface area contributed by atoms with Crippen LogP contribution >= 0.6 is 0 Å². The van der Waals surface area contributed by atoms with Crippen LogP contribution in [0.1, 0.15) is 387 Å². The third kappa shape index (κ3) is 54.1. The number of halogens is 6. The summed E-state index contributed by atoms with van der Waals surface area (Å²) >= 11 is 0. The Balaban J connectivity index is 0. The highest BCUT2D eigenvalue weighted by Gasteiger charge is 2.47. The van der Waals surface area contributed by atoms with E-state index in [1.165, 1.54) is 390 Å². The maximum absolute atomic E-state index is 11.4. The SMILES string of the molecule is CCCCCCCCCCCCCCCC[N+](CCCCCCCCCCCCCCCC)(CCCCCCCCCCCCCCCC)CCCCCCCCCCCCCCCC.O=S(=O)([N-]S(=O)(=O)C(F)(F)F)C(F)(F)F. The van der Waals surface area contributed by atoms with E-state index in [1.807, 2.05) is 0 Å². The second-order valence-corrected chi connectivity index (χ2v) is 28.0. The summed E-state index contributed by atoms with van der Waals surface area (Å²) in [5, 5.41) is 0. The molecule has 0 atom stereocenters. The van der Waals surface area contributed by atoms with Crippen LogP contribution in [0.4, 0.5) is 26.3 Å². The molecule has 0 N–H and O–H groups in total. The summed E-state index contributed by atoms with van der Waals surface area (Å²) in [7, 11) is -13.4. The molecule has 14 heteroatoms. The van der Waals surface area contributed by atoms with Crippen LogP contribution in [-0.4, -0.2) is 58.5 Å². The number of hydrogen-bond donors (Lipinski definition) is 0. The lowest BCUT2D eigenvalue weighted by atomic mass is 10.0. The van der Waals surface area contributed by atoms with E-state index in [9.17, 15) is 43.2 Å². The van der Waals surface area contributed by atoms with Crippen molar-refractivity contribution in [2.45, 2.75) is 398 Å². The van der Waals surface area contributed by atoms with Gasteiger partial charge in [-0.1, -0.05) is 336 Å². The Morgan fingerprint density at radius 2 is 0.338 bits per heavy atom. The summed E-state index contributed by atoms with van der Waals surface area (Å²) < 4.78 is 111. The Kier molecular flexibility index (Phi) is 58.5. The number of unbranched alkanes of at least 4 members (excludes halogenated alkanes) is 52. The van der Waals surface area contributed by atoms with Crippen molar-refractivity contribution < 1.29 is 47.7 Å². The predicted molar refractivity (Wildman–Crippen MR) is 334 cm³/mol. The molecule has 0 aromatic rings. The van der Waals surface area contributed by atoms with E-state index in [0.29, 0.717) is 0 Å². The maximum atomic E-state index is 11.4. The summed E-state index contributed by atoms with van der Waals surface area (Å²) in [5.41, 5.74) is -12.4. The van der Waals surface area contributed by atoms with Gasteiger partial charge in [-0.2, -0.15) is 26.3 Å². The fraction of sp³-hybridized carbons (Fsp3) is 1.00. The molecule has 0 aromatic carbocycles. The molecule has 0 rings (SSSR count). The zero-order valence-corrected chi connectivity index (χ0v) is 54.7. The van der Waals surface area contributed by atoms with E-state index in [0.717, 1.165) is 4.13 Å². The van der Waals surface area contributed by atoms with Crippen molar-refractivity contribution in [1.29, 1.82) is 0 Å². The van der Waals surface area contributed by atoms with Gasteiger partial charge in [0.05, 0.1) is 26.2 Å². The van der Waals surface area contributed by atoms with Crippen molar-refractivity contribution in [3.05, 3.63) is 4.13 Å². The highest BCUT2D eigenvalue weighted by atomic mass is 32.3. The summed E-state index contributed by atoms with van der Waals surface area (Å²) in [5.74, 6) is 0. The molecule has 0 aromatic heterocycles. The van der Waals surface area contributed by atoms with E-state index in [-0.39, 0.29) is 0 Å². The maximum Gasteiger partial charge on any atom is 0.480 e. The molecule has 0 spiro atoms. The van der Waals surface area contributed by atoms with E-state index < -0.39 is 31.1 Å². The first-order valence-corrected chi connectivity index (χ1v) is 37.5. The standard InChI is InChI=1S/C64H132N.C2F6NO4S2/c1-5-9-13-17-21-25-29-33-37-41-45-49-53-57-61-65(62-58-54-50-46-42-38-34-30-26-22-18-14-10-6-2,63-59-55-51-47-43-39-35-31-27-23-19-15-11-7-3)64-60-56-52-48-44-40-36-32-28-24-20-16-12-8-4;3-1(4,5)14(10,11)9-15(12,13)2(6,7)8/h5-64H2,1-4H3;/q+1;-1. The predicted octanol–water partition coefficient (Wildman–Crippen LogP) is 24.8. The van der Waals surface area contributed by atoms with Crippen molar-refractivity contribution >= 4 is 20.0 Å². The van der Waals surface area contributed by atoms with E-state index in [1.54, 1.807) is 0 Å². The normalized spacial score (nSPS) is 12.6. The lowest BCUT2D eigenvalue weighted by Crippen LogP contribution is -2.50. The van der Waals surface area contributed by atoms with Gasteiger partial charge in [0.2, 0.25) is 0 Å². The summed E-state index contributed by atoms with van der Waals surface area (Å²) in [6.45, 7) is 15.3. The summed E-state index contributed by atoms with van der Waals surface area (Å²) in [4.78, 5) is 0. The molecule has 0 aliphatic carbocycles. The Hall–Kier alpha value is -0.600. The van der Waals surface area contributed by atoms with Crippen LogP contribution in [0.15, 0.2) is 0 Å². The van der Waals surface area contributed by atoms with Gasteiger partial charge in [0.15, 0.2) is 20.0 Å². The van der Waals surface area contributed by atoms with Gasteiger partial charge >= 0.3 is 11.0 Å². The molecular weight excluding hydrogens is 1060 g/mol. The molecule has 0 aliphatic heterocycles. The largest absolute Gasteiger partial charge is 0.480 e. The Morgan fingerprint density at radius 3 is 0.450 bits per heavy atom. The van der Waals surface area contributed by atoms with Crippen LogP contribution in [0.3, 0.4) is 0 Å². The topological polar surface area (TPSA) is 82.4 Å². The Bertz CT molecular complexity index is 1310. The zero-order valence-electron chi connectivity index (χ0n) is 53.0. The van der Waals surface area contributed by atoms with E-state index in [2.05, 4.69) is 27.7 Å². The minimum atomic E-state index is -6.72. The van der Waals surface area contributed by atoms with Gasteiger partial charge in [0.1, 0.15) is 0 Å². The van der Waals surface area contributed by atoms with E-state index in [4.69, 9.17) is 0 Å². The molecule has 0 aliphatic rings. The highest BCUT2D eigenvalue weighted by molar-refractivity contribution is 8.13. The molecule has 0 radical (unpaired) electrons. The Morgan fingerprint density at radius 1 is 0.225 bits per heavy atom. The smallest absolute Gasteiger partial charge is 0.421 e. The van der Waals surface area contributed by atoms with Crippen LogP contribution in [0, 0.1) is 0 Å². The fourth-order valence-corrected chi connectivity index (χ4v) is 13.2. The third-order valence-corrected chi connectivity index (χ3v) is 19.5. The molecule has 0 unspecified atom stereocenters. The molecule has 0 fully saturated rings. The molecule has 6 nitrogen and oxygen atoms in total. The average molecular weight is 1200 g/mol. The van der Waals surface area contributed by atoms with Crippen LogP contribution in [0.5, 0.6) is 0 Å². The van der Waals surface area contributed by atoms with Gasteiger partial charge in [0, 0.05) is 0 Å². The number of nitrogens with zero attached hydrogens (tertiary/aromatic N) is 2. The van der Waals surface area contributed by atoms with Crippen molar-refractivity contribution in [3.8, 4) is 0 Å². The first-order valence-electron chi connectivity index (χ1n) is 34.7. The molecule has 0 saturated carbocycles. The number of hydrogen-bond acceptors (Lipinski definition) is 4. The zero-order chi connectivity index (χ0) is 59.6. The van der Waals surface area contributed by atoms with Crippen LogP contribution in [0.25, 0.3) is 4.13 Å². The van der Waals surface area contributed by atoms with Crippen LogP contribution in [0.2, 0.25) is 0 Å². The van der Waals surface area contributed by atoms with Crippen molar-refractivity contribution in [2.24, 2.45) is 0 Å². The Labute approximate surface area is 494 Å². The summed E-state index contributed by atoms with van der Waals surface area (Å²) in [6, 6.07) is 0. The van der Waals surface area contributed by atoms with Crippen LogP contribution in [-0.2, 0) is 20.0 Å². The van der Waals surface area contributed by atoms with Gasteiger partial charge < -0.3 is 8.61 Å². The van der Waals surface area contributed by atoms with Crippen molar-refractivity contribution in [3.63, 3.8) is 0 Å². The van der Waals surface area contributed by atoms with Crippen LogP contribution < -0.4 is 0 Å².